The molecule has 1 aromatic carbocycles. The monoisotopic (exact) mass is 300 g/mol. The Morgan fingerprint density at radius 2 is 2.24 bits per heavy atom. The van der Waals surface area contributed by atoms with Gasteiger partial charge in [0.2, 0.25) is 0 Å². The fourth-order valence-electron chi connectivity index (χ4n) is 2.22. The van der Waals surface area contributed by atoms with Gasteiger partial charge in [0.05, 0.1) is 23.8 Å². The van der Waals surface area contributed by atoms with Gasteiger partial charge in [-0.2, -0.15) is 18.4 Å². The van der Waals surface area contributed by atoms with E-state index in [2.05, 4.69) is 5.32 Å². The second-order valence-electron chi connectivity index (χ2n) is 4.91. The molecule has 1 aliphatic heterocycles. The number of hydrogen-bond acceptors (Lipinski definition) is 4. The first-order valence-corrected chi connectivity index (χ1v) is 6.38. The molecule has 1 unspecified atom stereocenters. The molecule has 1 atom stereocenters. The van der Waals surface area contributed by atoms with Crippen LogP contribution in [0.5, 0.6) is 0 Å². The van der Waals surface area contributed by atoms with Crippen LogP contribution in [0.4, 0.5) is 18.9 Å². The average Bonchev–Trinajstić information content (AvgIpc) is 2.93. The SMILES string of the molecule is COC1(CNc2ccc(C(F)(F)F)c(C#N)c2)CCOC1. The van der Waals surface area contributed by atoms with Gasteiger partial charge in [-0.25, -0.2) is 0 Å². The first-order valence-electron chi connectivity index (χ1n) is 6.38. The highest BCUT2D eigenvalue weighted by Gasteiger charge is 2.35. The van der Waals surface area contributed by atoms with E-state index in [4.69, 9.17) is 14.7 Å². The van der Waals surface area contributed by atoms with Crippen LogP contribution in [-0.4, -0.2) is 32.5 Å². The van der Waals surface area contributed by atoms with E-state index in [0.717, 1.165) is 6.07 Å². The smallest absolute Gasteiger partial charge is 0.382 e. The Bertz CT molecular complexity index is 546. The standard InChI is InChI=1S/C14H15F3N2O2/c1-20-13(4-5-21-9-13)8-19-11-2-3-12(14(15,16)17)10(6-11)7-18/h2-3,6,19H,4-5,8-9H2,1H3. The molecule has 1 heterocycles. The lowest BCUT2D eigenvalue weighted by atomic mass is 10.0. The summed E-state index contributed by atoms with van der Waals surface area (Å²) in [6.07, 6.45) is -3.82. The maximum atomic E-state index is 12.7. The summed E-state index contributed by atoms with van der Waals surface area (Å²) in [5, 5.41) is 11.9. The summed E-state index contributed by atoms with van der Waals surface area (Å²) in [5.74, 6) is 0. The van der Waals surface area contributed by atoms with Crippen LogP contribution in [0.15, 0.2) is 18.2 Å². The molecule has 0 spiro atoms. The van der Waals surface area contributed by atoms with Crippen molar-refractivity contribution in [3.05, 3.63) is 29.3 Å². The molecule has 1 aromatic rings. The Kier molecular flexibility index (Phi) is 4.40. The van der Waals surface area contributed by atoms with Gasteiger partial charge in [0, 0.05) is 32.4 Å². The molecular weight excluding hydrogens is 285 g/mol. The molecule has 0 amide bonds. The predicted octanol–water partition coefficient (Wildman–Crippen LogP) is 2.79. The van der Waals surface area contributed by atoms with Crippen LogP contribution in [0.25, 0.3) is 0 Å². The number of hydrogen-bond donors (Lipinski definition) is 1. The van der Waals surface area contributed by atoms with Crippen LogP contribution < -0.4 is 5.32 Å². The third kappa shape index (κ3) is 3.46. The fraction of sp³-hybridized carbons (Fsp3) is 0.500. The Labute approximate surface area is 120 Å². The van der Waals surface area contributed by atoms with Crippen molar-refractivity contribution >= 4 is 5.69 Å². The van der Waals surface area contributed by atoms with E-state index >= 15 is 0 Å². The van der Waals surface area contributed by atoms with E-state index in [1.165, 1.54) is 12.1 Å². The van der Waals surface area contributed by atoms with Gasteiger partial charge in [0.25, 0.3) is 0 Å². The van der Waals surface area contributed by atoms with Crippen LogP contribution in [0.2, 0.25) is 0 Å². The van der Waals surface area contributed by atoms with E-state index in [1.54, 1.807) is 13.2 Å². The quantitative estimate of drug-likeness (QED) is 0.929. The molecule has 21 heavy (non-hydrogen) atoms. The lowest BCUT2D eigenvalue weighted by Gasteiger charge is -2.26. The fourth-order valence-corrected chi connectivity index (χ4v) is 2.22. The highest BCUT2D eigenvalue weighted by atomic mass is 19.4. The van der Waals surface area contributed by atoms with Crippen LogP contribution in [-0.2, 0) is 15.7 Å². The van der Waals surface area contributed by atoms with Crippen molar-refractivity contribution in [1.82, 2.24) is 0 Å². The van der Waals surface area contributed by atoms with Crippen molar-refractivity contribution in [1.29, 1.82) is 5.26 Å². The highest BCUT2D eigenvalue weighted by Crippen LogP contribution is 2.33. The minimum atomic E-state index is -4.53. The first kappa shape index (κ1) is 15.6. The minimum Gasteiger partial charge on any atom is -0.382 e. The zero-order valence-electron chi connectivity index (χ0n) is 11.5. The number of halogens is 3. The number of benzene rings is 1. The Hall–Kier alpha value is -1.78. The van der Waals surface area contributed by atoms with Gasteiger partial charge in [-0.1, -0.05) is 0 Å². The highest BCUT2D eigenvalue weighted by molar-refractivity contribution is 5.53. The van der Waals surface area contributed by atoms with Crippen LogP contribution in [0.1, 0.15) is 17.5 Å². The molecule has 0 aliphatic carbocycles. The minimum absolute atomic E-state index is 0.401. The van der Waals surface area contributed by atoms with E-state index in [-0.39, 0.29) is 0 Å². The average molecular weight is 300 g/mol. The van der Waals surface area contributed by atoms with Crippen LogP contribution >= 0.6 is 0 Å². The summed E-state index contributed by atoms with van der Waals surface area (Å²) < 4.78 is 48.8. The number of rotatable bonds is 4. The third-order valence-corrected chi connectivity index (χ3v) is 3.56. The number of alkyl halides is 3. The van der Waals surface area contributed by atoms with Gasteiger partial charge in [0.1, 0.15) is 5.60 Å². The van der Waals surface area contributed by atoms with Gasteiger partial charge in [-0.3, -0.25) is 0 Å². The van der Waals surface area contributed by atoms with Gasteiger partial charge in [-0.15, -0.1) is 0 Å². The van der Waals surface area contributed by atoms with Gasteiger partial charge in [0.15, 0.2) is 0 Å². The summed E-state index contributed by atoms with van der Waals surface area (Å²) in [6, 6.07) is 4.99. The normalized spacial score (nSPS) is 22.0. The molecular formula is C14H15F3N2O2. The number of ether oxygens (including phenoxy) is 2. The van der Waals surface area contributed by atoms with Crippen LogP contribution in [0, 0.1) is 11.3 Å². The Morgan fingerprint density at radius 1 is 1.48 bits per heavy atom. The molecule has 7 heteroatoms. The number of nitrogens with zero attached hydrogens (tertiary/aromatic N) is 1. The van der Waals surface area contributed by atoms with Gasteiger partial charge < -0.3 is 14.8 Å². The van der Waals surface area contributed by atoms with Crippen molar-refractivity contribution < 1.29 is 22.6 Å². The Morgan fingerprint density at radius 3 is 2.76 bits per heavy atom. The number of methoxy groups -OCH3 is 1. The summed E-state index contributed by atoms with van der Waals surface area (Å²) in [7, 11) is 1.57. The second-order valence-corrected chi connectivity index (χ2v) is 4.91. The lowest BCUT2D eigenvalue weighted by molar-refractivity contribution is -0.137. The molecule has 4 nitrogen and oxygen atoms in total. The van der Waals surface area contributed by atoms with Crippen LogP contribution in [0.3, 0.4) is 0 Å². The van der Waals surface area contributed by atoms with Gasteiger partial charge >= 0.3 is 6.18 Å². The molecule has 0 saturated carbocycles. The maximum Gasteiger partial charge on any atom is 0.417 e. The topological polar surface area (TPSA) is 54.3 Å². The zero-order chi connectivity index (χ0) is 15.5. The molecule has 2 rings (SSSR count). The summed E-state index contributed by atoms with van der Waals surface area (Å²) in [4.78, 5) is 0. The van der Waals surface area contributed by atoms with Crippen molar-refractivity contribution in [2.75, 3.05) is 32.2 Å². The third-order valence-electron chi connectivity index (χ3n) is 3.56. The maximum absolute atomic E-state index is 12.7. The van der Waals surface area contributed by atoms with E-state index in [1.807, 2.05) is 0 Å². The van der Waals surface area contributed by atoms with Crippen molar-refractivity contribution in [2.45, 2.75) is 18.2 Å². The van der Waals surface area contributed by atoms with Crippen molar-refractivity contribution in [3.63, 3.8) is 0 Å². The molecule has 0 bridgehead atoms. The largest absolute Gasteiger partial charge is 0.417 e. The molecule has 0 radical (unpaired) electrons. The zero-order valence-corrected chi connectivity index (χ0v) is 11.5. The van der Waals surface area contributed by atoms with E-state index in [0.29, 0.717) is 31.9 Å². The molecule has 1 fully saturated rings. The van der Waals surface area contributed by atoms with Crippen molar-refractivity contribution in [2.24, 2.45) is 0 Å². The molecule has 1 N–H and O–H groups in total. The first-order chi connectivity index (χ1) is 9.90. The van der Waals surface area contributed by atoms with Crippen molar-refractivity contribution in [3.8, 4) is 6.07 Å². The summed E-state index contributed by atoms with van der Waals surface area (Å²) in [6.45, 7) is 1.42. The number of nitriles is 1. The van der Waals surface area contributed by atoms with Gasteiger partial charge in [-0.05, 0) is 18.2 Å². The molecule has 1 aliphatic rings. The van der Waals surface area contributed by atoms with E-state index in [9.17, 15) is 13.2 Å². The van der Waals surface area contributed by atoms with E-state index < -0.39 is 22.9 Å². The predicted molar refractivity (Wildman–Crippen MR) is 69.8 cm³/mol. The molecule has 1 saturated heterocycles. The number of nitrogens with one attached hydrogen (secondary N) is 1. The Balaban J connectivity index is 2.13. The number of anilines is 1. The lowest BCUT2D eigenvalue weighted by Crippen LogP contribution is -2.39. The summed E-state index contributed by atoms with van der Waals surface area (Å²) >= 11 is 0. The molecule has 0 aromatic heterocycles. The second kappa shape index (κ2) is 5.92. The molecule has 114 valence electrons. The summed E-state index contributed by atoms with van der Waals surface area (Å²) in [5.41, 5.74) is -1.36.